The summed E-state index contributed by atoms with van der Waals surface area (Å²) in [5.41, 5.74) is 3.07. The number of anilines is 1. The molecule has 1 atom stereocenters. The van der Waals surface area contributed by atoms with Gasteiger partial charge in [-0.2, -0.15) is 0 Å². The summed E-state index contributed by atoms with van der Waals surface area (Å²) in [5.74, 6) is -0.747. The maximum Gasteiger partial charge on any atom is 0.264 e. The monoisotopic (exact) mass is 569 g/mol. The topological polar surface area (TPSA) is 86.8 Å². The lowest BCUT2D eigenvalue weighted by Gasteiger charge is -2.33. The van der Waals surface area contributed by atoms with Crippen LogP contribution in [0.15, 0.2) is 77.7 Å². The molecule has 0 fully saturated rings. The average Bonchev–Trinajstić information content (AvgIpc) is 2.92. The van der Waals surface area contributed by atoms with E-state index in [1.165, 1.54) is 17.0 Å². The summed E-state index contributed by atoms with van der Waals surface area (Å²) in [7, 11) is -4.12. The Morgan fingerprint density at radius 3 is 2.15 bits per heavy atom. The Kier molecular flexibility index (Phi) is 10.5. The van der Waals surface area contributed by atoms with E-state index < -0.39 is 28.5 Å². The van der Waals surface area contributed by atoms with Crippen molar-refractivity contribution in [3.05, 3.63) is 94.5 Å². The molecule has 3 aromatic rings. The van der Waals surface area contributed by atoms with Gasteiger partial charge in [-0.25, -0.2) is 8.42 Å². The van der Waals surface area contributed by atoms with Crippen LogP contribution in [0.4, 0.5) is 5.69 Å². The largest absolute Gasteiger partial charge is 0.354 e. The first kappa shape index (κ1) is 30.2. The van der Waals surface area contributed by atoms with Crippen molar-refractivity contribution >= 4 is 39.1 Å². The third-order valence-corrected chi connectivity index (χ3v) is 8.58. The second kappa shape index (κ2) is 13.6. The first-order valence-electron chi connectivity index (χ1n) is 13.0. The third-order valence-electron chi connectivity index (χ3n) is 6.54. The van der Waals surface area contributed by atoms with Gasteiger partial charge in [-0.1, -0.05) is 67.4 Å². The first-order valence-corrected chi connectivity index (χ1v) is 14.9. The number of hydrogen-bond donors (Lipinski definition) is 1. The van der Waals surface area contributed by atoms with Gasteiger partial charge in [0.1, 0.15) is 12.6 Å². The van der Waals surface area contributed by atoms with E-state index in [1.54, 1.807) is 36.4 Å². The number of sulfonamides is 1. The van der Waals surface area contributed by atoms with Crippen LogP contribution in [0, 0.1) is 13.8 Å². The smallest absolute Gasteiger partial charge is 0.264 e. The molecule has 9 heteroatoms. The Balaban J connectivity index is 2.05. The van der Waals surface area contributed by atoms with Crippen LogP contribution in [-0.2, 0) is 26.2 Å². The van der Waals surface area contributed by atoms with Gasteiger partial charge in [0.15, 0.2) is 0 Å². The zero-order valence-corrected chi connectivity index (χ0v) is 24.4. The summed E-state index contributed by atoms with van der Waals surface area (Å²) in [4.78, 5) is 28.7. The Bertz CT molecular complexity index is 1380. The van der Waals surface area contributed by atoms with Crippen molar-refractivity contribution in [1.29, 1.82) is 0 Å². The van der Waals surface area contributed by atoms with E-state index >= 15 is 0 Å². The number of rotatable bonds is 12. The van der Waals surface area contributed by atoms with E-state index in [0.29, 0.717) is 23.7 Å². The van der Waals surface area contributed by atoms with Crippen molar-refractivity contribution in [2.24, 2.45) is 0 Å². The van der Waals surface area contributed by atoms with Crippen molar-refractivity contribution in [3.8, 4) is 0 Å². The van der Waals surface area contributed by atoms with Crippen LogP contribution in [0.5, 0.6) is 0 Å². The minimum atomic E-state index is -4.12. The lowest BCUT2D eigenvalue weighted by atomic mass is 10.1. The van der Waals surface area contributed by atoms with Gasteiger partial charge < -0.3 is 10.2 Å². The highest BCUT2D eigenvalue weighted by Gasteiger charge is 2.33. The molecule has 39 heavy (non-hydrogen) atoms. The number of hydrogen-bond acceptors (Lipinski definition) is 4. The van der Waals surface area contributed by atoms with E-state index in [9.17, 15) is 18.0 Å². The predicted octanol–water partition coefficient (Wildman–Crippen LogP) is 5.49. The zero-order chi connectivity index (χ0) is 28.6. The molecular formula is C30H36ClN3O4S. The van der Waals surface area contributed by atoms with Crippen molar-refractivity contribution in [3.63, 3.8) is 0 Å². The molecule has 0 saturated carbocycles. The van der Waals surface area contributed by atoms with Crippen molar-refractivity contribution in [2.75, 3.05) is 17.4 Å². The number of halogens is 1. The number of nitrogens with one attached hydrogen (secondary N) is 1. The molecule has 0 radical (unpaired) electrons. The molecule has 7 nitrogen and oxygen atoms in total. The fraction of sp³-hybridized carbons (Fsp3) is 0.333. The Morgan fingerprint density at radius 2 is 1.56 bits per heavy atom. The molecule has 0 aromatic heterocycles. The number of carbonyl (C=O) groups is 2. The van der Waals surface area contributed by atoms with Crippen LogP contribution in [0.2, 0.25) is 5.02 Å². The molecule has 0 heterocycles. The van der Waals surface area contributed by atoms with Crippen LogP contribution >= 0.6 is 11.6 Å². The Labute approximate surface area is 236 Å². The van der Waals surface area contributed by atoms with Crippen LogP contribution < -0.4 is 9.62 Å². The fourth-order valence-electron chi connectivity index (χ4n) is 4.23. The summed E-state index contributed by atoms with van der Waals surface area (Å²) in [6.45, 7) is 7.78. The van der Waals surface area contributed by atoms with Gasteiger partial charge in [-0.05, 0) is 74.2 Å². The number of aryl methyl sites for hydroxylation is 2. The molecule has 0 unspecified atom stereocenters. The molecule has 1 N–H and O–H groups in total. The van der Waals surface area contributed by atoms with Gasteiger partial charge in [0.05, 0.1) is 10.6 Å². The standard InChI is InChI=1S/C30H36ClN3O4S/c1-5-19-32-30(36)28(6-2)33(20-24-10-8-7-9-23(24)4)29(35)21-34(26-15-13-25(31)14-16-26)39(37,38)27-17-11-22(3)12-18-27/h7-18,28H,5-6,19-21H2,1-4H3,(H,32,36)/t28-/m1/s1. The average molecular weight is 570 g/mol. The number of carbonyl (C=O) groups excluding carboxylic acids is 2. The van der Waals surface area contributed by atoms with Gasteiger partial charge in [0.25, 0.3) is 10.0 Å². The molecule has 0 bridgehead atoms. The summed E-state index contributed by atoms with van der Waals surface area (Å²) in [6, 6.07) is 19.6. The number of nitrogens with zero attached hydrogens (tertiary/aromatic N) is 2. The second-order valence-corrected chi connectivity index (χ2v) is 11.8. The molecule has 0 saturated heterocycles. The molecule has 2 amide bonds. The van der Waals surface area contributed by atoms with Gasteiger partial charge in [0, 0.05) is 18.1 Å². The van der Waals surface area contributed by atoms with E-state index in [4.69, 9.17) is 11.6 Å². The maximum absolute atomic E-state index is 14.0. The minimum Gasteiger partial charge on any atom is -0.354 e. The lowest BCUT2D eigenvalue weighted by molar-refractivity contribution is -0.140. The molecule has 3 rings (SSSR count). The predicted molar refractivity (Wildman–Crippen MR) is 156 cm³/mol. The van der Waals surface area contributed by atoms with Crippen LogP contribution in [-0.4, -0.2) is 44.3 Å². The lowest BCUT2D eigenvalue weighted by Crippen LogP contribution is -2.52. The summed E-state index contributed by atoms with van der Waals surface area (Å²) >= 11 is 6.08. The van der Waals surface area contributed by atoms with Gasteiger partial charge in [-0.15, -0.1) is 0 Å². The van der Waals surface area contributed by atoms with E-state index in [1.807, 2.05) is 52.0 Å². The molecule has 208 valence electrons. The van der Waals surface area contributed by atoms with Gasteiger partial charge >= 0.3 is 0 Å². The molecule has 0 aliphatic rings. The highest BCUT2D eigenvalue weighted by molar-refractivity contribution is 7.92. The van der Waals surface area contributed by atoms with Crippen LogP contribution in [0.25, 0.3) is 0 Å². The van der Waals surface area contributed by atoms with Crippen molar-refractivity contribution < 1.29 is 18.0 Å². The molecule has 0 aliphatic heterocycles. The molecular weight excluding hydrogens is 534 g/mol. The fourth-order valence-corrected chi connectivity index (χ4v) is 5.77. The van der Waals surface area contributed by atoms with Gasteiger partial charge in [-0.3, -0.25) is 13.9 Å². The summed E-state index contributed by atoms with van der Waals surface area (Å²) in [6.07, 6.45) is 1.13. The van der Waals surface area contributed by atoms with E-state index in [0.717, 1.165) is 27.4 Å². The van der Waals surface area contributed by atoms with E-state index in [2.05, 4.69) is 5.32 Å². The van der Waals surface area contributed by atoms with Gasteiger partial charge in [0.2, 0.25) is 11.8 Å². The Morgan fingerprint density at radius 1 is 0.923 bits per heavy atom. The van der Waals surface area contributed by atoms with Crippen molar-refractivity contribution in [2.45, 2.75) is 58.0 Å². The summed E-state index contributed by atoms with van der Waals surface area (Å²) < 4.78 is 28.8. The van der Waals surface area contributed by atoms with Crippen molar-refractivity contribution in [1.82, 2.24) is 10.2 Å². The molecule has 0 spiro atoms. The maximum atomic E-state index is 14.0. The zero-order valence-electron chi connectivity index (χ0n) is 22.9. The summed E-state index contributed by atoms with van der Waals surface area (Å²) in [5, 5.41) is 3.33. The highest BCUT2D eigenvalue weighted by Crippen LogP contribution is 2.26. The molecule has 0 aliphatic carbocycles. The number of benzene rings is 3. The Hall–Kier alpha value is -3.36. The molecule has 3 aromatic carbocycles. The van der Waals surface area contributed by atoms with Crippen LogP contribution in [0.3, 0.4) is 0 Å². The number of amides is 2. The SMILES string of the molecule is CCCNC(=O)[C@@H](CC)N(Cc1ccccc1C)C(=O)CN(c1ccc(Cl)cc1)S(=O)(=O)c1ccc(C)cc1. The minimum absolute atomic E-state index is 0.0639. The highest BCUT2D eigenvalue weighted by atomic mass is 35.5. The first-order chi connectivity index (χ1) is 18.6. The second-order valence-electron chi connectivity index (χ2n) is 9.46. The normalized spacial score (nSPS) is 12.0. The quantitative estimate of drug-likeness (QED) is 0.313. The third kappa shape index (κ3) is 7.61. The van der Waals surface area contributed by atoms with Crippen LogP contribution in [0.1, 0.15) is 43.4 Å². The van der Waals surface area contributed by atoms with E-state index in [-0.39, 0.29) is 17.3 Å².